The summed E-state index contributed by atoms with van der Waals surface area (Å²) in [4.78, 5) is 14.9. The molecule has 0 aliphatic carbocycles. The van der Waals surface area contributed by atoms with E-state index in [1.165, 1.54) is 6.92 Å². The topological polar surface area (TPSA) is 38.3 Å². The summed E-state index contributed by atoms with van der Waals surface area (Å²) in [5.41, 5.74) is 3.26. The summed E-state index contributed by atoms with van der Waals surface area (Å²) >= 11 is 0. The van der Waals surface area contributed by atoms with Gasteiger partial charge in [-0.05, 0) is 12.1 Å². The minimum atomic E-state index is -0.353. The van der Waals surface area contributed by atoms with Gasteiger partial charge in [-0.3, -0.25) is 4.79 Å². The van der Waals surface area contributed by atoms with Crippen molar-refractivity contribution < 1.29 is 9.63 Å². The number of anilines is 1. The maximum absolute atomic E-state index is 10.3. The van der Waals surface area contributed by atoms with Crippen molar-refractivity contribution >= 4 is 63.0 Å². The zero-order valence-corrected chi connectivity index (χ0v) is 6.20. The number of hydrogen-bond donors (Lipinski definition) is 1. The molecule has 1 aromatic carbocycles. The number of carbonyl (C=O) groups is 1. The molecular formula is C8H10KNO2. The van der Waals surface area contributed by atoms with Crippen molar-refractivity contribution in [3.8, 4) is 0 Å². The van der Waals surface area contributed by atoms with Gasteiger partial charge in [0.2, 0.25) is 0 Å². The van der Waals surface area contributed by atoms with Crippen LogP contribution in [0.4, 0.5) is 5.69 Å². The SMILES string of the molecule is CC(=O)ONc1ccccc1.[KH]. The molecule has 0 spiro atoms. The average molecular weight is 191 g/mol. The van der Waals surface area contributed by atoms with E-state index in [4.69, 9.17) is 0 Å². The second-order valence-electron chi connectivity index (χ2n) is 2.06. The summed E-state index contributed by atoms with van der Waals surface area (Å²) in [6.45, 7) is 1.34. The molecule has 1 aromatic rings. The van der Waals surface area contributed by atoms with Gasteiger partial charge in [0.05, 0.1) is 5.69 Å². The summed E-state index contributed by atoms with van der Waals surface area (Å²) in [5, 5.41) is 0. The summed E-state index contributed by atoms with van der Waals surface area (Å²) in [7, 11) is 0. The van der Waals surface area contributed by atoms with Crippen LogP contribution in [0.3, 0.4) is 0 Å². The van der Waals surface area contributed by atoms with Crippen LogP contribution in [0.25, 0.3) is 0 Å². The zero-order valence-electron chi connectivity index (χ0n) is 6.20. The fraction of sp³-hybridized carbons (Fsp3) is 0.125. The van der Waals surface area contributed by atoms with E-state index in [1.54, 1.807) is 0 Å². The van der Waals surface area contributed by atoms with Crippen molar-refractivity contribution in [2.75, 3.05) is 5.48 Å². The number of para-hydroxylation sites is 1. The van der Waals surface area contributed by atoms with E-state index in [1.807, 2.05) is 30.3 Å². The van der Waals surface area contributed by atoms with E-state index in [0.717, 1.165) is 5.69 Å². The first kappa shape index (κ1) is 12.1. The van der Waals surface area contributed by atoms with Crippen LogP contribution in [0, 0.1) is 0 Å². The second-order valence-corrected chi connectivity index (χ2v) is 2.06. The van der Waals surface area contributed by atoms with Gasteiger partial charge in [0, 0.05) is 6.92 Å². The predicted octanol–water partition coefficient (Wildman–Crippen LogP) is 0.928. The molecule has 0 fully saturated rings. The molecule has 0 radical (unpaired) electrons. The summed E-state index contributed by atoms with van der Waals surface area (Å²) in [6, 6.07) is 9.21. The Morgan fingerprint density at radius 3 is 2.42 bits per heavy atom. The predicted molar refractivity (Wildman–Crippen MR) is 49.0 cm³/mol. The van der Waals surface area contributed by atoms with Gasteiger partial charge in [0.1, 0.15) is 0 Å². The summed E-state index contributed by atoms with van der Waals surface area (Å²) in [5.74, 6) is -0.353. The van der Waals surface area contributed by atoms with Crippen LogP contribution in [0.15, 0.2) is 30.3 Å². The maximum atomic E-state index is 10.3. The van der Waals surface area contributed by atoms with E-state index in [-0.39, 0.29) is 57.4 Å². The fourth-order valence-corrected chi connectivity index (χ4v) is 0.637. The van der Waals surface area contributed by atoms with E-state index < -0.39 is 0 Å². The van der Waals surface area contributed by atoms with Crippen LogP contribution < -0.4 is 5.48 Å². The Labute approximate surface area is 114 Å². The molecule has 0 aromatic heterocycles. The Balaban J connectivity index is 0.00000121. The van der Waals surface area contributed by atoms with Gasteiger partial charge in [-0.15, -0.1) is 0 Å². The Morgan fingerprint density at radius 2 is 1.92 bits per heavy atom. The van der Waals surface area contributed by atoms with Crippen LogP contribution in [0.5, 0.6) is 0 Å². The molecule has 0 amide bonds. The Kier molecular flexibility index (Phi) is 6.69. The molecule has 60 valence electrons. The Morgan fingerprint density at radius 1 is 1.33 bits per heavy atom. The quantitative estimate of drug-likeness (QED) is 0.558. The molecule has 3 nitrogen and oxygen atoms in total. The summed E-state index contributed by atoms with van der Waals surface area (Å²) in [6.07, 6.45) is 0. The first-order valence-corrected chi connectivity index (χ1v) is 3.27. The minimum absolute atomic E-state index is 0. The van der Waals surface area contributed by atoms with Gasteiger partial charge < -0.3 is 4.84 Å². The number of benzene rings is 1. The van der Waals surface area contributed by atoms with Crippen molar-refractivity contribution in [3.05, 3.63) is 30.3 Å². The van der Waals surface area contributed by atoms with Crippen molar-refractivity contribution in [3.63, 3.8) is 0 Å². The molecule has 0 bridgehead atoms. The van der Waals surface area contributed by atoms with Crippen LogP contribution >= 0.6 is 0 Å². The third-order valence-electron chi connectivity index (χ3n) is 1.09. The molecule has 0 aliphatic rings. The molecule has 12 heavy (non-hydrogen) atoms. The molecule has 0 atom stereocenters. The van der Waals surface area contributed by atoms with Crippen LogP contribution in [0.2, 0.25) is 0 Å². The molecule has 1 N–H and O–H groups in total. The number of nitrogens with one attached hydrogen (secondary N) is 1. The van der Waals surface area contributed by atoms with Gasteiger partial charge in [0.15, 0.2) is 0 Å². The number of hydrogen-bond acceptors (Lipinski definition) is 3. The van der Waals surface area contributed by atoms with E-state index >= 15 is 0 Å². The van der Waals surface area contributed by atoms with Gasteiger partial charge >= 0.3 is 57.4 Å². The number of rotatable bonds is 2. The van der Waals surface area contributed by atoms with E-state index in [9.17, 15) is 4.79 Å². The van der Waals surface area contributed by atoms with Crippen LogP contribution in [-0.4, -0.2) is 57.4 Å². The van der Waals surface area contributed by atoms with E-state index in [0.29, 0.717) is 0 Å². The van der Waals surface area contributed by atoms with E-state index in [2.05, 4.69) is 10.3 Å². The zero-order chi connectivity index (χ0) is 8.10. The average Bonchev–Trinajstić information content (AvgIpc) is 2.03. The summed E-state index contributed by atoms with van der Waals surface area (Å²) < 4.78 is 0. The Bertz CT molecular complexity index is 238. The van der Waals surface area contributed by atoms with Crippen molar-refractivity contribution in [2.45, 2.75) is 6.92 Å². The standard InChI is InChI=1S/C8H9NO2.K.H/c1-7(10)11-9-8-5-3-2-4-6-8;;/h2-6,9H,1H3;;. The molecule has 0 saturated heterocycles. The van der Waals surface area contributed by atoms with Crippen LogP contribution in [-0.2, 0) is 9.63 Å². The number of carbonyl (C=O) groups excluding carboxylic acids is 1. The molecule has 0 saturated carbocycles. The normalized spacial score (nSPS) is 8.08. The second kappa shape index (κ2) is 6.62. The van der Waals surface area contributed by atoms with Crippen LogP contribution in [0.1, 0.15) is 6.92 Å². The van der Waals surface area contributed by atoms with Crippen molar-refractivity contribution in [1.29, 1.82) is 0 Å². The van der Waals surface area contributed by atoms with Crippen molar-refractivity contribution in [1.82, 2.24) is 0 Å². The van der Waals surface area contributed by atoms with Crippen molar-refractivity contribution in [2.24, 2.45) is 0 Å². The molecule has 4 heteroatoms. The first-order valence-electron chi connectivity index (χ1n) is 3.27. The third-order valence-corrected chi connectivity index (χ3v) is 1.09. The Hall–Kier alpha value is 0.126. The fourth-order valence-electron chi connectivity index (χ4n) is 0.637. The van der Waals surface area contributed by atoms with Gasteiger partial charge in [-0.1, -0.05) is 18.2 Å². The van der Waals surface area contributed by atoms with Gasteiger partial charge in [-0.2, -0.15) is 0 Å². The molecule has 0 heterocycles. The van der Waals surface area contributed by atoms with Gasteiger partial charge in [-0.25, -0.2) is 5.48 Å². The first-order chi connectivity index (χ1) is 5.29. The third kappa shape index (κ3) is 4.90. The molecule has 0 aliphatic heterocycles. The molecule has 1 rings (SSSR count). The molecule has 0 unspecified atom stereocenters. The molecular weight excluding hydrogens is 181 g/mol. The monoisotopic (exact) mass is 191 g/mol. The van der Waals surface area contributed by atoms with Gasteiger partial charge in [0.25, 0.3) is 0 Å².